The van der Waals surface area contributed by atoms with E-state index >= 15 is 0 Å². The fourth-order valence-corrected chi connectivity index (χ4v) is 1.65. The van der Waals surface area contributed by atoms with Crippen molar-refractivity contribution >= 4 is 11.6 Å². The summed E-state index contributed by atoms with van der Waals surface area (Å²) in [5.41, 5.74) is 7.90. The summed E-state index contributed by atoms with van der Waals surface area (Å²) in [6.07, 6.45) is 1.84. The molecule has 0 bridgehead atoms. The van der Waals surface area contributed by atoms with Crippen LogP contribution in [-0.4, -0.2) is 13.2 Å². The van der Waals surface area contributed by atoms with Crippen molar-refractivity contribution in [1.82, 2.24) is 0 Å². The Morgan fingerprint density at radius 3 is 2.67 bits per heavy atom. The Morgan fingerprint density at radius 1 is 1.47 bits per heavy atom. The molecular formula is C12H18ClNO. The molecule has 1 rings (SSSR count). The summed E-state index contributed by atoms with van der Waals surface area (Å²) in [7, 11) is 1.68. The van der Waals surface area contributed by atoms with E-state index in [1.54, 1.807) is 7.11 Å². The summed E-state index contributed by atoms with van der Waals surface area (Å²) in [5, 5.41) is 0.787. The van der Waals surface area contributed by atoms with Gasteiger partial charge in [-0.3, -0.25) is 0 Å². The van der Waals surface area contributed by atoms with E-state index in [0.29, 0.717) is 0 Å². The number of halogens is 1. The van der Waals surface area contributed by atoms with E-state index in [9.17, 15) is 0 Å². The average molecular weight is 228 g/mol. The second-order valence-electron chi connectivity index (χ2n) is 3.93. The predicted molar refractivity (Wildman–Crippen MR) is 64.7 cm³/mol. The van der Waals surface area contributed by atoms with Crippen LogP contribution in [0.15, 0.2) is 12.1 Å². The number of hydrogen-bond acceptors (Lipinski definition) is 2. The molecule has 0 spiro atoms. The monoisotopic (exact) mass is 227 g/mol. The number of rotatable bonds is 4. The standard InChI is InChI=1S/C12H18ClNO/c1-8-6-12(15-3)10(7-11(8)13)5-4-9(2)14/h6-7,9H,4-5,14H2,1-3H3. The predicted octanol–water partition coefficient (Wildman–Crippen LogP) is 2.94. The van der Waals surface area contributed by atoms with Gasteiger partial charge in [0.1, 0.15) is 5.75 Å². The molecule has 0 radical (unpaired) electrons. The number of nitrogens with two attached hydrogens (primary N) is 1. The summed E-state index contributed by atoms with van der Waals surface area (Å²) >= 11 is 6.07. The van der Waals surface area contributed by atoms with Crippen molar-refractivity contribution in [2.75, 3.05) is 7.11 Å². The number of aryl methyl sites for hydroxylation is 2. The van der Waals surface area contributed by atoms with Gasteiger partial charge in [0, 0.05) is 11.1 Å². The lowest BCUT2D eigenvalue weighted by atomic mass is 10.0. The molecule has 0 aliphatic rings. The van der Waals surface area contributed by atoms with Crippen LogP contribution in [0.25, 0.3) is 0 Å². The normalized spacial score (nSPS) is 12.6. The van der Waals surface area contributed by atoms with Gasteiger partial charge in [0.05, 0.1) is 7.11 Å². The molecule has 2 N–H and O–H groups in total. The van der Waals surface area contributed by atoms with Crippen LogP contribution in [0, 0.1) is 6.92 Å². The van der Waals surface area contributed by atoms with E-state index < -0.39 is 0 Å². The molecule has 0 aliphatic heterocycles. The van der Waals surface area contributed by atoms with Crippen molar-refractivity contribution in [3.63, 3.8) is 0 Å². The number of benzene rings is 1. The van der Waals surface area contributed by atoms with Crippen LogP contribution < -0.4 is 10.5 Å². The molecule has 0 saturated heterocycles. The van der Waals surface area contributed by atoms with Crippen molar-refractivity contribution in [1.29, 1.82) is 0 Å². The first-order chi connectivity index (χ1) is 7.04. The van der Waals surface area contributed by atoms with Gasteiger partial charge >= 0.3 is 0 Å². The maximum atomic E-state index is 6.07. The summed E-state index contributed by atoms with van der Waals surface area (Å²) in [4.78, 5) is 0. The van der Waals surface area contributed by atoms with E-state index in [4.69, 9.17) is 22.1 Å². The first-order valence-electron chi connectivity index (χ1n) is 5.13. The molecule has 1 aromatic carbocycles. The lowest BCUT2D eigenvalue weighted by molar-refractivity contribution is 0.408. The third kappa shape index (κ3) is 3.40. The molecule has 1 aromatic rings. The van der Waals surface area contributed by atoms with Crippen LogP contribution in [0.4, 0.5) is 0 Å². The van der Waals surface area contributed by atoms with Gasteiger partial charge in [-0.25, -0.2) is 0 Å². The minimum absolute atomic E-state index is 0.204. The maximum absolute atomic E-state index is 6.07. The van der Waals surface area contributed by atoms with Crippen LogP contribution in [-0.2, 0) is 6.42 Å². The van der Waals surface area contributed by atoms with E-state index in [-0.39, 0.29) is 6.04 Å². The van der Waals surface area contributed by atoms with Crippen molar-refractivity contribution in [2.45, 2.75) is 32.7 Å². The highest BCUT2D eigenvalue weighted by Crippen LogP contribution is 2.27. The highest BCUT2D eigenvalue weighted by atomic mass is 35.5. The molecular weight excluding hydrogens is 210 g/mol. The van der Waals surface area contributed by atoms with Crippen molar-refractivity contribution in [3.8, 4) is 5.75 Å². The summed E-state index contributed by atoms with van der Waals surface area (Å²) in [6.45, 7) is 3.97. The number of ether oxygens (including phenoxy) is 1. The van der Waals surface area contributed by atoms with Gasteiger partial charge in [-0.15, -0.1) is 0 Å². The smallest absolute Gasteiger partial charge is 0.122 e. The molecule has 2 nitrogen and oxygen atoms in total. The largest absolute Gasteiger partial charge is 0.496 e. The van der Waals surface area contributed by atoms with Crippen molar-refractivity contribution in [3.05, 3.63) is 28.3 Å². The molecule has 1 atom stereocenters. The maximum Gasteiger partial charge on any atom is 0.122 e. The van der Waals surface area contributed by atoms with Gasteiger partial charge in [0.25, 0.3) is 0 Å². The Labute approximate surface area is 96.4 Å². The first-order valence-corrected chi connectivity index (χ1v) is 5.51. The van der Waals surface area contributed by atoms with Gasteiger partial charge in [-0.1, -0.05) is 11.6 Å². The third-order valence-corrected chi connectivity index (χ3v) is 2.84. The lowest BCUT2D eigenvalue weighted by Crippen LogP contribution is -2.15. The Morgan fingerprint density at radius 2 is 2.13 bits per heavy atom. The molecule has 0 fully saturated rings. The molecule has 0 aliphatic carbocycles. The summed E-state index contributed by atoms with van der Waals surface area (Å²) in [5.74, 6) is 0.901. The van der Waals surface area contributed by atoms with Gasteiger partial charge in [-0.2, -0.15) is 0 Å². The minimum Gasteiger partial charge on any atom is -0.496 e. The van der Waals surface area contributed by atoms with Crippen LogP contribution in [0.5, 0.6) is 5.75 Å². The van der Waals surface area contributed by atoms with Crippen LogP contribution in [0.2, 0.25) is 5.02 Å². The van der Waals surface area contributed by atoms with E-state index in [2.05, 4.69) is 0 Å². The third-order valence-electron chi connectivity index (χ3n) is 2.43. The zero-order valence-electron chi connectivity index (χ0n) is 9.51. The van der Waals surface area contributed by atoms with Crippen molar-refractivity contribution < 1.29 is 4.74 Å². The average Bonchev–Trinajstić information content (AvgIpc) is 2.19. The molecule has 15 heavy (non-hydrogen) atoms. The second kappa shape index (κ2) is 5.38. The Bertz CT molecular complexity index is 337. The Kier molecular flexibility index (Phi) is 4.43. The van der Waals surface area contributed by atoms with E-state index in [1.165, 1.54) is 0 Å². The summed E-state index contributed by atoms with van der Waals surface area (Å²) in [6, 6.07) is 4.14. The molecule has 0 saturated carbocycles. The van der Waals surface area contributed by atoms with Crippen LogP contribution >= 0.6 is 11.6 Å². The molecule has 84 valence electrons. The fourth-order valence-electron chi connectivity index (χ4n) is 1.46. The van der Waals surface area contributed by atoms with Crippen LogP contribution in [0.3, 0.4) is 0 Å². The molecule has 1 unspecified atom stereocenters. The highest BCUT2D eigenvalue weighted by molar-refractivity contribution is 6.31. The zero-order valence-corrected chi connectivity index (χ0v) is 10.3. The molecule has 0 heterocycles. The molecule has 3 heteroatoms. The van der Waals surface area contributed by atoms with Crippen LogP contribution in [0.1, 0.15) is 24.5 Å². The minimum atomic E-state index is 0.204. The number of methoxy groups -OCH3 is 1. The number of hydrogen-bond donors (Lipinski definition) is 1. The van der Waals surface area contributed by atoms with Gasteiger partial charge in [-0.05, 0) is 49.9 Å². The first kappa shape index (κ1) is 12.3. The Hall–Kier alpha value is -0.730. The van der Waals surface area contributed by atoms with Gasteiger partial charge in [0.2, 0.25) is 0 Å². The zero-order chi connectivity index (χ0) is 11.4. The Balaban J connectivity index is 2.89. The highest BCUT2D eigenvalue weighted by Gasteiger charge is 2.07. The van der Waals surface area contributed by atoms with Gasteiger partial charge in [0.15, 0.2) is 0 Å². The molecule has 0 aromatic heterocycles. The van der Waals surface area contributed by atoms with Gasteiger partial charge < -0.3 is 10.5 Å². The topological polar surface area (TPSA) is 35.2 Å². The SMILES string of the molecule is COc1cc(C)c(Cl)cc1CCC(C)N. The van der Waals surface area contributed by atoms with Crippen molar-refractivity contribution in [2.24, 2.45) is 5.73 Å². The van der Waals surface area contributed by atoms with E-state index in [1.807, 2.05) is 26.0 Å². The fraction of sp³-hybridized carbons (Fsp3) is 0.500. The molecule has 0 amide bonds. The second-order valence-corrected chi connectivity index (χ2v) is 4.34. The summed E-state index contributed by atoms with van der Waals surface area (Å²) < 4.78 is 5.31. The lowest BCUT2D eigenvalue weighted by Gasteiger charge is -2.12. The van der Waals surface area contributed by atoms with E-state index in [0.717, 1.165) is 34.7 Å². The quantitative estimate of drug-likeness (QED) is 0.859.